The molecule has 0 spiro atoms. The van der Waals surface area contributed by atoms with Gasteiger partial charge in [-0.15, -0.1) is 0 Å². The van der Waals surface area contributed by atoms with Gasteiger partial charge in [0.2, 0.25) is 11.8 Å². The molecule has 0 heterocycles. The Morgan fingerprint density at radius 2 is 1.73 bits per heavy atom. The molecular formula is C23H28N4O3. The van der Waals surface area contributed by atoms with Crippen molar-refractivity contribution in [3.63, 3.8) is 0 Å². The third-order valence-electron chi connectivity index (χ3n) is 4.75. The third kappa shape index (κ3) is 6.62. The van der Waals surface area contributed by atoms with E-state index in [9.17, 15) is 14.4 Å². The highest BCUT2D eigenvalue weighted by molar-refractivity contribution is 5.95. The fourth-order valence-corrected chi connectivity index (χ4v) is 2.91. The van der Waals surface area contributed by atoms with Crippen molar-refractivity contribution in [3.8, 4) is 0 Å². The second-order valence-electron chi connectivity index (χ2n) is 7.43. The fraction of sp³-hybridized carbons (Fsp3) is 0.348. The molecule has 0 aromatic heterocycles. The molecule has 7 heteroatoms. The molecule has 0 radical (unpaired) electrons. The van der Waals surface area contributed by atoms with Crippen LogP contribution in [-0.2, 0) is 16.1 Å². The van der Waals surface area contributed by atoms with E-state index in [1.165, 1.54) is 0 Å². The van der Waals surface area contributed by atoms with Gasteiger partial charge >= 0.3 is 0 Å². The fourth-order valence-electron chi connectivity index (χ4n) is 2.91. The highest BCUT2D eigenvalue weighted by Crippen LogP contribution is 2.30. The molecule has 7 nitrogen and oxygen atoms in total. The first-order valence-electron chi connectivity index (χ1n) is 10.3. The van der Waals surface area contributed by atoms with Crippen molar-refractivity contribution in [2.45, 2.75) is 32.7 Å². The zero-order chi connectivity index (χ0) is 21.3. The second kappa shape index (κ2) is 10.4. The molecular weight excluding hydrogens is 380 g/mol. The molecule has 3 rings (SSSR count). The molecule has 4 N–H and O–H groups in total. The summed E-state index contributed by atoms with van der Waals surface area (Å²) in [5.41, 5.74) is 2.92. The van der Waals surface area contributed by atoms with E-state index in [1.54, 1.807) is 18.2 Å². The Bertz CT molecular complexity index is 909. The predicted molar refractivity (Wildman–Crippen MR) is 117 cm³/mol. The molecule has 0 saturated heterocycles. The average Bonchev–Trinajstić information content (AvgIpc) is 3.60. The monoisotopic (exact) mass is 408 g/mol. The van der Waals surface area contributed by atoms with Crippen molar-refractivity contribution in [1.29, 1.82) is 0 Å². The summed E-state index contributed by atoms with van der Waals surface area (Å²) >= 11 is 0. The predicted octanol–water partition coefficient (Wildman–Crippen LogP) is 2.90. The first-order valence-corrected chi connectivity index (χ1v) is 10.3. The molecule has 0 unspecified atom stereocenters. The van der Waals surface area contributed by atoms with Crippen molar-refractivity contribution >= 4 is 29.1 Å². The van der Waals surface area contributed by atoms with Gasteiger partial charge in [0.05, 0.1) is 6.54 Å². The summed E-state index contributed by atoms with van der Waals surface area (Å²) < 4.78 is 0. The van der Waals surface area contributed by atoms with Gasteiger partial charge in [-0.1, -0.05) is 25.1 Å². The summed E-state index contributed by atoms with van der Waals surface area (Å²) in [6.45, 7) is 3.09. The van der Waals surface area contributed by atoms with Crippen LogP contribution in [-0.4, -0.2) is 30.8 Å². The standard InChI is InChI=1S/C23H28N4O3/c1-2-11-24-22(29)18-6-4-7-19(13-18)25-15-21(28)26-14-16-5-3-8-20(12-16)27-23(30)17-9-10-17/h3-8,12-13,17,25H,2,9-11,14-15H2,1H3,(H,24,29)(H,26,28)(H,27,30). The Labute approximate surface area is 176 Å². The van der Waals surface area contributed by atoms with E-state index >= 15 is 0 Å². The van der Waals surface area contributed by atoms with Crippen molar-refractivity contribution in [1.82, 2.24) is 10.6 Å². The average molecular weight is 409 g/mol. The van der Waals surface area contributed by atoms with Gasteiger partial charge in [-0.2, -0.15) is 0 Å². The molecule has 3 amide bonds. The number of benzene rings is 2. The van der Waals surface area contributed by atoms with Crippen LogP contribution in [0.5, 0.6) is 0 Å². The number of nitrogens with one attached hydrogen (secondary N) is 4. The number of hydrogen-bond acceptors (Lipinski definition) is 4. The minimum atomic E-state index is -0.164. The van der Waals surface area contributed by atoms with Crippen LogP contribution in [0.15, 0.2) is 48.5 Å². The van der Waals surface area contributed by atoms with Gasteiger partial charge in [0, 0.05) is 35.9 Å². The van der Waals surface area contributed by atoms with E-state index in [4.69, 9.17) is 0 Å². The van der Waals surface area contributed by atoms with Crippen LogP contribution in [0, 0.1) is 5.92 Å². The lowest BCUT2D eigenvalue weighted by molar-refractivity contribution is -0.119. The molecule has 2 aromatic rings. The first-order chi connectivity index (χ1) is 14.5. The largest absolute Gasteiger partial charge is 0.376 e. The Hall–Kier alpha value is -3.35. The summed E-state index contributed by atoms with van der Waals surface area (Å²) in [5.74, 6) is -0.0801. The maximum Gasteiger partial charge on any atom is 0.251 e. The number of carbonyl (C=O) groups is 3. The molecule has 2 aromatic carbocycles. The summed E-state index contributed by atoms with van der Waals surface area (Å²) in [7, 11) is 0. The van der Waals surface area contributed by atoms with Crippen LogP contribution in [0.25, 0.3) is 0 Å². The summed E-state index contributed by atoms with van der Waals surface area (Å²) in [4.78, 5) is 36.1. The lowest BCUT2D eigenvalue weighted by Crippen LogP contribution is -2.29. The van der Waals surface area contributed by atoms with Crippen LogP contribution in [0.4, 0.5) is 11.4 Å². The van der Waals surface area contributed by atoms with Crippen molar-refractivity contribution in [2.24, 2.45) is 5.92 Å². The quantitative estimate of drug-likeness (QED) is 0.486. The van der Waals surface area contributed by atoms with Crippen LogP contribution >= 0.6 is 0 Å². The molecule has 1 fully saturated rings. The number of carbonyl (C=O) groups excluding carboxylic acids is 3. The van der Waals surface area contributed by atoms with Crippen LogP contribution < -0.4 is 21.3 Å². The molecule has 0 atom stereocenters. The van der Waals surface area contributed by atoms with Gasteiger partial charge in [0.15, 0.2) is 0 Å². The maximum atomic E-state index is 12.2. The zero-order valence-electron chi connectivity index (χ0n) is 17.2. The molecule has 30 heavy (non-hydrogen) atoms. The first kappa shape index (κ1) is 21.4. The topological polar surface area (TPSA) is 99.3 Å². The zero-order valence-corrected chi connectivity index (χ0v) is 17.2. The lowest BCUT2D eigenvalue weighted by Gasteiger charge is -2.10. The molecule has 1 saturated carbocycles. The third-order valence-corrected chi connectivity index (χ3v) is 4.75. The summed E-state index contributed by atoms with van der Waals surface area (Å²) in [6, 6.07) is 14.5. The van der Waals surface area contributed by atoms with Gasteiger partial charge in [-0.25, -0.2) is 0 Å². The van der Waals surface area contributed by atoms with E-state index in [2.05, 4.69) is 21.3 Å². The van der Waals surface area contributed by atoms with Gasteiger partial charge < -0.3 is 21.3 Å². The van der Waals surface area contributed by atoms with E-state index in [0.717, 1.165) is 30.5 Å². The molecule has 1 aliphatic carbocycles. The Kier molecular flexibility index (Phi) is 7.43. The van der Waals surface area contributed by atoms with Crippen molar-refractivity contribution in [3.05, 3.63) is 59.7 Å². The van der Waals surface area contributed by atoms with E-state index in [-0.39, 0.29) is 30.2 Å². The minimum absolute atomic E-state index is 0.0611. The molecule has 158 valence electrons. The highest BCUT2D eigenvalue weighted by Gasteiger charge is 2.29. The summed E-state index contributed by atoms with van der Waals surface area (Å²) in [6.07, 6.45) is 2.79. The Morgan fingerprint density at radius 1 is 0.967 bits per heavy atom. The lowest BCUT2D eigenvalue weighted by atomic mass is 10.2. The van der Waals surface area contributed by atoms with Crippen LogP contribution in [0.1, 0.15) is 42.1 Å². The Balaban J connectivity index is 1.45. The SMILES string of the molecule is CCCNC(=O)c1cccc(NCC(=O)NCc2cccc(NC(=O)C3CC3)c2)c1. The minimum Gasteiger partial charge on any atom is -0.376 e. The summed E-state index contributed by atoms with van der Waals surface area (Å²) in [5, 5.41) is 11.6. The van der Waals surface area contributed by atoms with Crippen LogP contribution in [0.3, 0.4) is 0 Å². The van der Waals surface area contributed by atoms with E-state index in [0.29, 0.717) is 24.3 Å². The molecule has 0 aliphatic heterocycles. The second-order valence-corrected chi connectivity index (χ2v) is 7.43. The van der Waals surface area contributed by atoms with Crippen molar-refractivity contribution in [2.75, 3.05) is 23.7 Å². The smallest absolute Gasteiger partial charge is 0.251 e. The number of amides is 3. The van der Waals surface area contributed by atoms with E-state index in [1.807, 2.05) is 37.3 Å². The van der Waals surface area contributed by atoms with Crippen LogP contribution in [0.2, 0.25) is 0 Å². The van der Waals surface area contributed by atoms with Crippen molar-refractivity contribution < 1.29 is 14.4 Å². The normalized spacial score (nSPS) is 12.7. The van der Waals surface area contributed by atoms with E-state index < -0.39 is 0 Å². The highest BCUT2D eigenvalue weighted by atomic mass is 16.2. The molecule has 0 bridgehead atoms. The number of anilines is 2. The number of hydrogen-bond donors (Lipinski definition) is 4. The van der Waals surface area contributed by atoms with Gasteiger partial charge in [-0.05, 0) is 55.2 Å². The van der Waals surface area contributed by atoms with Gasteiger partial charge in [0.1, 0.15) is 0 Å². The maximum absolute atomic E-state index is 12.2. The Morgan fingerprint density at radius 3 is 2.50 bits per heavy atom. The number of rotatable bonds is 10. The van der Waals surface area contributed by atoms with Gasteiger partial charge in [0.25, 0.3) is 5.91 Å². The van der Waals surface area contributed by atoms with Gasteiger partial charge in [-0.3, -0.25) is 14.4 Å². The molecule has 1 aliphatic rings.